The summed E-state index contributed by atoms with van der Waals surface area (Å²) in [7, 11) is -2.32. The number of nitrogens with zero attached hydrogens (tertiary/aromatic N) is 1. The van der Waals surface area contributed by atoms with Gasteiger partial charge in [0.05, 0.1) is 22.7 Å². The van der Waals surface area contributed by atoms with Gasteiger partial charge in [-0.25, -0.2) is 8.42 Å². The third-order valence-corrected chi connectivity index (χ3v) is 6.11. The van der Waals surface area contributed by atoms with Crippen LogP contribution in [0.1, 0.15) is 18.4 Å². The van der Waals surface area contributed by atoms with E-state index in [1.807, 2.05) is 0 Å². The Morgan fingerprint density at radius 1 is 1.19 bits per heavy atom. The van der Waals surface area contributed by atoms with Crippen molar-refractivity contribution in [3.63, 3.8) is 0 Å². The van der Waals surface area contributed by atoms with Crippen molar-refractivity contribution in [2.45, 2.75) is 24.7 Å². The normalized spacial score (nSPS) is 14.6. The molecule has 0 bridgehead atoms. The van der Waals surface area contributed by atoms with Gasteiger partial charge in [0, 0.05) is 18.7 Å². The van der Waals surface area contributed by atoms with Gasteiger partial charge in [0.2, 0.25) is 5.91 Å². The number of carbonyl (C=O) groups excluding carboxylic acids is 1. The molecule has 1 heterocycles. The van der Waals surface area contributed by atoms with E-state index in [0.29, 0.717) is 30.0 Å². The van der Waals surface area contributed by atoms with E-state index in [1.54, 1.807) is 42.2 Å². The van der Waals surface area contributed by atoms with Gasteiger partial charge in [0.25, 0.3) is 10.0 Å². The average molecular weight is 395 g/mol. The van der Waals surface area contributed by atoms with Gasteiger partial charge in [0.15, 0.2) is 0 Å². The first kappa shape index (κ1) is 18.5. The van der Waals surface area contributed by atoms with Gasteiger partial charge < -0.3 is 9.64 Å². The van der Waals surface area contributed by atoms with Gasteiger partial charge in [-0.15, -0.1) is 0 Å². The number of hydrogen-bond donors (Lipinski definition) is 1. The fraction of sp³-hybridized carbons (Fsp3) is 0.278. The largest absolute Gasteiger partial charge is 0.497 e. The Balaban J connectivity index is 1.93. The van der Waals surface area contributed by atoms with E-state index in [0.717, 1.165) is 6.42 Å². The Labute approximate surface area is 157 Å². The van der Waals surface area contributed by atoms with E-state index >= 15 is 0 Å². The van der Waals surface area contributed by atoms with Crippen molar-refractivity contribution in [3.05, 3.63) is 47.0 Å². The number of methoxy groups -OCH3 is 1. The molecule has 6 nitrogen and oxygen atoms in total. The first-order valence-electron chi connectivity index (χ1n) is 8.09. The molecular weight excluding hydrogens is 376 g/mol. The molecule has 0 radical (unpaired) electrons. The molecule has 2 aromatic carbocycles. The van der Waals surface area contributed by atoms with Crippen LogP contribution in [0.15, 0.2) is 41.3 Å². The SMILES string of the molecule is COc1ccc(S(=O)(=O)Nc2cc(N3CCCC3=O)ccc2Cl)c(C)c1. The number of halogens is 1. The summed E-state index contributed by atoms with van der Waals surface area (Å²) in [4.78, 5) is 13.7. The van der Waals surface area contributed by atoms with Gasteiger partial charge in [-0.2, -0.15) is 0 Å². The Morgan fingerprint density at radius 2 is 1.96 bits per heavy atom. The van der Waals surface area contributed by atoms with Crippen molar-refractivity contribution in [2.24, 2.45) is 0 Å². The maximum atomic E-state index is 12.8. The highest BCUT2D eigenvalue weighted by molar-refractivity contribution is 7.92. The Morgan fingerprint density at radius 3 is 2.58 bits per heavy atom. The van der Waals surface area contributed by atoms with E-state index in [9.17, 15) is 13.2 Å². The second-order valence-electron chi connectivity index (χ2n) is 6.05. The minimum Gasteiger partial charge on any atom is -0.497 e. The fourth-order valence-corrected chi connectivity index (χ4v) is 4.45. The quantitative estimate of drug-likeness (QED) is 0.840. The molecule has 0 atom stereocenters. The lowest BCUT2D eigenvalue weighted by Crippen LogP contribution is -2.24. The smallest absolute Gasteiger partial charge is 0.262 e. The van der Waals surface area contributed by atoms with Crippen molar-refractivity contribution >= 4 is 38.9 Å². The molecule has 1 aliphatic rings. The van der Waals surface area contributed by atoms with E-state index in [1.165, 1.54) is 13.2 Å². The number of anilines is 2. The van der Waals surface area contributed by atoms with Crippen LogP contribution in [0.25, 0.3) is 0 Å². The molecule has 2 aromatic rings. The molecule has 0 spiro atoms. The molecule has 1 N–H and O–H groups in total. The lowest BCUT2D eigenvalue weighted by Gasteiger charge is -2.18. The number of ether oxygens (including phenoxy) is 1. The summed E-state index contributed by atoms with van der Waals surface area (Å²) in [5.74, 6) is 0.598. The molecule has 3 rings (SSSR count). The molecular formula is C18H19ClN2O4S. The topological polar surface area (TPSA) is 75.7 Å². The van der Waals surface area contributed by atoms with Crippen LogP contribution in [0, 0.1) is 6.92 Å². The maximum absolute atomic E-state index is 12.8. The molecule has 0 unspecified atom stereocenters. The average Bonchev–Trinajstić information content (AvgIpc) is 3.02. The molecule has 0 aromatic heterocycles. The van der Waals surface area contributed by atoms with Crippen LogP contribution in [0.4, 0.5) is 11.4 Å². The molecule has 1 saturated heterocycles. The zero-order chi connectivity index (χ0) is 18.9. The third-order valence-electron chi connectivity index (χ3n) is 4.25. The van der Waals surface area contributed by atoms with E-state index in [4.69, 9.17) is 16.3 Å². The van der Waals surface area contributed by atoms with Crippen LogP contribution < -0.4 is 14.4 Å². The van der Waals surface area contributed by atoms with E-state index in [2.05, 4.69) is 4.72 Å². The van der Waals surface area contributed by atoms with Crippen molar-refractivity contribution in [3.8, 4) is 5.75 Å². The summed E-state index contributed by atoms with van der Waals surface area (Å²) in [6.45, 7) is 2.31. The number of nitrogens with one attached hydrogen (secondary N) is 1. The maximum Gasteiger partial charge on any atom is 0.262 e. The summed E-state index contributed by atoms with van der Waals surface area (Å²) < 4.78 is 33.2. The van der Waals surface area contributed by atoms with Crippen molar-refractivity contribution in [2.75, 3.05) is 23.3 Å². The summed E-state index contributed by atoms with van der Waals surface area (Å²) in [6.07, 6.45) is 1.28. The molecule has 1 aliphatic heterocycles. The van der Waals surface area contributed by atoms with Gasteiger partial charge >= 0.3 is 0 Å². The van der Waals surface area contributed by atoms with Gasteiger partial charge in [-0.1, -0.05) is 11.6 Å². The fourth-order valence-electron chi connectivity index (χ4n) is 2.93. The lowest BCUT2D eigenvalue weighted by molar-refractivity contribution is -0.117. The van der Waals surface area contributed by atoms with E-state index < -0.39 is 10.0 Å². The highest BCUT2D eigenvalue weighted by Gasteiger charge is 2.24. The molecule has 138 valence electrons. The Hall–Kier alpha value is -2.25. The van der Waals surface area contributed by atoms with Crippen LogP contribution in [-0.4, -0.2) is 28.0 Å². The number of hydrogen-bond acceptors (Lipinski definition) is 4. The highest BCUT2D eigenvalue weighted by atomic mass is 35.5. The van der Waals surface area contributed by atoms with Gasteiger partial charge in [-0.05, 0) is 55.3 Å². The first-order chi connectivity index (χ1) is 12.3. The first-order valence-corrected chi connectivity index (χ1v) is 9.95. The predicted octanol–water partition coefficient (Wildman–Crippen LogP) is 3.58. The third kappa shape index (κ3) is 3.64. The van der Waals surface area contributed by atoms with Crippen LogP contribution >= 0.6 is 11.6 Å². The number of amides is 1. The minimum atomic E-state index is -3.84. The number of sulfonamides is 1. The molecule has 1 fully saturated rings. The summed E-state index contributed by atoms with van der Waals surface area (Å²) in [5.41, 5.74) is 1.42. The number of benzene rings is 2. The number of carbonyl (C=O) groups is 1. The number of rotatable bonds is 5. The van der Waals surface area contributed by atoms with Crippen molar-refractivity contribution < 1.29 is 17.9 Å². The van der Waals surface area contributed by atoms with Gasteiger partial charge in [-0.3, -0.25) is 9.52 Å². The van der Waals surface area contributed by atoms with Crippen LogP contribution in [0.2, 0.25) is 5.02 Å². The molecule has 1 amide bonds. The number of aryl methyl sites for hydroxylation is 1. The monoisotopic (exact) mass is 394 g/mol. The standard InChI is InChI=1S/C18H19ClN2O4S/c1-12-10-14(25-2)6-8-17(12)26(23,24)20-16-11-13(5-7-15(16)19)21-9-3-4-18(21)22/h5-8,10-11,20H,3-4,9H2,1-2H3. The summed E-state index contributed by atoms with van der Waals surface area (Å²) in [6, 6.07) is 9.60. The van der Waals surface area contributed by atoms with Gasteiger partial charge in [0.1, 0.15) is 5.75 Å². The minimum absolute atomic E-state index is 0.0205. The Kier molecular flexibility index (Phi) is 5.11. The van der Waals surface area contributed by atoms with Crippen LogP contribution in [0.5, 0.6) is 5.75 Å². The molecule has 0 saturated carbocycles. The second-order valence-corrected chi connectivity index (χ2v) is 8.11. The zero-order valence-corrected chi connectivity index (χ0v) is 16.0. The van der Waals surface area contributed by atoms with Crippen LogP contribution in [0.3, 0.4) is 0 Å². The van der Waals surface area contributed by atoms with E-state index in [-0.39, 0.29) is 21.5 Å². The second kappa shape index (κ2) is 7.17. The predicted molar refractivity (Wildman–Crippen MR) is 102 cm³/mol. The highest BCUT2D eigenvalue weighted by Crippen LogP contribution is 2.32. The Bertz CT molecular complexity index is 960. The summed E-state index contributed by atoms with van der Waals surface area (Å²) in [5, 5.41) is 0.259. The zero-order valence-electron chi connectivity index (χ0n) is 14.5. The molecule has 26 heavy (non-hydrogen) atoms. The van der Waals surface area contributed by atoms with Crippen molar-refractivity contribution in [1.29, 1.82) is 0 Å². The van der Waals surface area contributed by atoms with Crippen molar-refractivity contribution in [1.82, 2.24) is 0 Å². The molecule has 8 heteroatoms. The lowest BCUT2D eigenvalue weighted by atomic mass is 10.2. The van der Waals surface area contributed by atoms with Crippen LogP contribution in [-0.2, 0) is 14.8 Å². The molecule has 0 aliphatic carbocycles. The summed E-state index contributed by atoms with van der Waals surface area (Å²) >= 11 is 6.17.